The first kappa shape index (κ1) is 17.5. The second-order valence-corrected chi connectivity index (χ2v) is 5.80. The van der Waals surface area contributed by atoms with E-state index in [0.29, 0.717) is 25.0 Å². The van der Waals surface area contributed by atoms with E-state index in [1.54, 1.807) is 0 Å². The van der Waals surface area contributed by atoms with Gasteiger partial charge in [-0.3, -0.25) is 4.99 Å². The summed E-state index contributed by atoms with van der Waals surface area (Å²) in [4.78, 5) is 15.5. The smallest absolute Gasteiger partial charge is 0.407 e. The number of nitrogens with two attached hydrogens (primary N) is 1. The molecule has 0 radical (unpaired) electrons. The van der Waals surface area contributed by atoms with Crippen LogP contribution in [0.2, 0.25) is 0 Å². The summed E-state index contributed by atoms with van der Waals surface area (Å²) in [5, 5.41) is 5.57. The van der Waals surface area contributed by atoms with E-state index in [2.05, 4.69) is 29.5 Å². The van der Waals surface area contributed by atoms with E-state index in [0.717, 1.165) is 13.0 Å². The molecule has 0 heterocycles. The Morgan fingerprint density at radius 3 is 2.37 bits per heavy atom. The molecule has 6 heteroatoms. The minimum atomic E-state index is -0.477. The van der Waals surface area contributed by atoms with Gasteiger partial charge in [0.25, 0.3) is 0 Å². The Morgan fingerprint density at radius 2 is 1.84 bits per heavy atom. The SMILES string of the molecule is CC(C)CCN=C(N)NCCNC(=O)OC(C)(C)C. The maximum absolute atomic E-state index is 11.3. The van der Waals surface area contributed by atoms with Crippen LogP contribution in [0.1, 0.15) is 41.0 Å². The maximum Gasteiger partial charge on any atom is 0.407 e. The number of carbonyl (C=O) groups is 1. The number of amides is 1. The first-order valence-electron chi connectivity index (χ1n) is 6.71. The summed E-state index contributed by atoms with van der Waals surface area (Å²) < 4.78 is 5.10. The molecule has 0 saturated heterocycles. The van der Waals surface area contributed by atoms with Gasteiger partial charge in [-0.05, 0) is 33.1 Å². The molecule has 0 aromatic heterocycles. The van der Waals surface area contributed by atoms with Crippen LogP contribution in [0.15, 0.2) is 4.99 Å². The van der Waals surface area contributed by atoms with Gasteiger partial charge in [0.05, 0.1) is 0 Å². The Morgan fingerprint density at radius 1 is 1.26 bits per heavy atom. The number of guanidine groups is 1. The van der Waals surface area contributed by atoms with Crippen molar-refractivity contribution in [2.24, 2.45) is 16.6 Å². The van der Waals surface area contributed by atoms with Crippen molar-refractivity contribution < 1.29 is 9.53 Å². The monoisotopic (exact) mass is 272 g/mol. The van der Waals surface area contributed by atoms with Crippen molar-refractivity contribution >= 4 is 12.1 Å². The normalized spacial score (nSPS) is 12.4. The highest BCUT2D eigenvalue weighted by Crippen LogP contribution is 2.05. The third-order valence-electron chi connectivity index (χ3n) is 2.09. The molecular weight excluding hydrogens is 244 g/mol. The van der Waals surface area contributed by atoms with Crippen molar-refractivity contribution in [3.63, 3.8) is 0 Å². The fourth-order valence-electron chi connectivity index (χ4n) is 1.17. The standard InChI is InChI=1S/C13H28N4O2/c1-10(2)6-7-15-11(14)16-8-9-17-12(18)19-13(3,4)5/h10H,6-9H2,1-5H3,(H,17,18)(H3,14,15,16). The van der Waals surface area contributed by atoms with E-state index < -0.39 is 11.7 Å². The largest absolute Gasteiger partial charge is 0.444 e. The molecule has 0 fully saturated rings. The fourth-order valence-corrected chi connectivity index (χ4v) is 1.17. The van der Waals surface area contributed by atoms with Crippen molar-refractivity contribution in [2.75, 3.05) is 19.6 Å². The van der Waals surface area contributed by atoms with E-state index in [9.17, 15) is 4.79 Å². The second-order valence-electron chi connectivity index (χ2n) is 5.80. The predicted octanol–water partition coefficient (Wildman–Crippen LogP) is 1.46. The average molecular weight is 272 g/mol. The highest BCUT2D eigenvalue weighted by molar-refractivity contribution is 5.77. The molecule has 19 heavy (non-hydrogen) atoms. The number of ether oxygens (including phenoxy) is 1. The van der Waals surface area contributed by atoms with Crippen LogP contribution in [0.4, 0.5) is 4.79 Å². The van der Waals surface area contributed by atoms with E-state index in [-0.39, 0.29) is 0 Å². The lowest BCUT2D eigenvalue weighted by Crippen LogP contribution is -2.40. The molecule has 0 aliphatic carbocycles. The molecule has 0 unspecified atom stereocenters. The van der Waals surface area contributed by atoms with Gasteiger partial charge in [-0.25, -0.2) is 4.79 Å². The molecule has 0 saturated carbocycles. The molecule has 0 aromatic rings. The minimum Gasteiger partial charge on any atom is -0.444 e. The van der Waals surface area contributed by atoms with Crippen LogP contribution in [0.5, 0.6) is 0 Å². The van der Waals surface area contributed by atoms with Crippen LogP contribution in [-0.2, 0) is 4.74 Å². The zero-order chi connectivity index (χ0) is 14.9. The molecule has 0 aliphatic heterocycles. The van der Waals surface area contributed by atoms with Gasteiger partial charge in [0, 0.05) is 19.6 Å². The third-order valence-corrected chi connectivity index (χ3v) is 2.09. The number of aliphatic imine (C=N–C) groups is 1. The van der Waals surface area contributed by atoms with Crippen LogP contribution in [0.3, 0.4) is 0 Å². The Kier molecular flexibility index (Phi) is 7.95. The Labute approximate surface area is 116 Å². The number of carbonyl (C=O) groups excluding carboxylic acids is 1. The number of alkyl carbamates (subject to hydrolysis) is 1. The molecule has 0 atom stereocenters. The molecule has 6 nitrogen and oxygen atoms in total. The third kappa shape index (κ3) is 12.8. The van der Waals surface area contributed by atoms with Gasteiger partial charge < -0.3 is 21.1 Å². The predicted molar refractivity (Wildman–Crippen MR) is 78.2 cm³/mol. The molecule has 112 valence electrons. The minimum absolute atomic E-state index is 0.409. The lowest BCUT2D eigenvalue weighted by Gasteiger charge is -2.19. The molecule has 4 N–H and O–H groups in total. The van der Waals surface area contributed by atoms with E-state index in [1.807, 2.05) is 20.8 Å². The lowest BCUT2D eigenvalue weighted by molar-refractivity contribution is 0.0529. The molecule has 0 rings (SSSR count). The fraction of sp³-hybridized carbons (Fsp3) is 0.846. The molecule has 0 aromatic carbocycles. The van der Waals surface area contributed by atoms with Gasteiger partial charge >= 0.3 is 6.09 Å². The lowest BCUT2D eigenvalue weighted by atomic mass is 10.1. The Hall–Kier alpha value is -1.46. The van der Waals surface area contributed by atoms with E-state index >= 15 is 0 Å². The second kappa shape index (κ2) is 8.61. The summed E-state index contributed by atoms with van der Waals surface area (Å²) in [7, 11) is 0. The topological polar surface area (TPSA) is 88.7 Å². The van der Waals surface area contributed by atoms with Crippen LogP contribution < -0.4 is 16.4 Å². The van der Waals surface area contributed by atoms with Crippen molar-refractivity contribution in [3.8, 4) is 0 Å². The average Bonchev–Trinajstić information content (AvgIpc) is 2.21. The maximum atomic E-state index is 11.3. The van der Waals surface area contributed by atoms with Crippen molar-refractivity contribution in [1.29, 1.82) is 0 Å². The Balaban J connectivity index is 3.66. The van der Waals surface area contributed by atoms with E-state index in [1.165, 1.54) is 0 Å². The van der Waals surface area contributed by atoms with Crippen LogP contribution >= 0.6 is 0 Å². The first-order valence-corrected chi connectivity index (χ1v) is 6.71. The number of nitrogens with one attached hydrogen (secondary N) is 2. The van der Waals surface area contributed by atoms with Crippen LogP contribution in [0, 0.1) is 5.92 Å². The Bertz CT molecular complexity index is 296. The molecule has 0 bridgehead atoms. The highest BCUT2D eigenvalue weighted by Gasteiger charge is 2.15. The summed E-state index contributed by atoms with van der Waals surface area (Å²) in [6.45, 7) is 11.4. The quantitative estimate of drug-likeness (QED) is 0.388. The van der Waals surface area contributed by atoms with Gasteiger partial charge in [0.1, 0.15) is 5.60 Å². The number of nitrogens with zero attached hydrogens (tertiary/aromatic N) is 1. The van der Waals surface area contributed by atoms with E-state index in [4.69, 9.17) is 10.5 Å². The first-order chi connectivity index (χ1) is 8.70. The zero-order valence-electron chi connectivity index (χ0n) is 12.7. The van der Waals surface area contributed by atoms with Gasteiger partial charge in [-0.1, -0.05) is 13.8 Å². The zero-order valence-corrected chi connectivity index (χ0v) is 12.7. The van der Waals surface area contributed by atoms with Crippen molar-refractivity contribution in [1.82, 2.24) is 10.6 Å². The summed E-state index contributed by atoms with van der Waals surface area (Å²) in [6.07, 6.45) is 0.586. The summed E-state index contributed by atoms with van der Waals surface area (Å²) in [5.41, 5.74) is 5.20. The van der Waals surface area contributed by atoms with Crippen molar-refractivity contribution in [2.45, 2.75) is 46.6 Å². The van der Waals surface area contributed by atoms with Gasteiger partial charge in [0.2, 0.25) is 0 Å². The summed E-state index contributed by atoms with van der Waals surface area (Å²) in [5.74, 6) is 1.03. The van der Waals surface area contributed by atoms with Crippen LogP contribution in [0.25, 0.3) is 0 Å². The van der Waals surface area contributed by atoms with Gasteiger partial charge in [0.15, 0.2) is 5.96 Å². The molecular formula is C13H28N4O2. The molecule has 0 aliphatic rings. The molecule has 1 amide bonds. The van der Waals surface area contributed by atoms with Gasteiger partial charge in [-0.2, -0.15) is 0 Å². The van der Waals surface area contributed by atoms with Crippen molar-refractivity contribution in [3.05, 3.63) is 0 Å². The van der Waals surface area contributed by atoms with Crippen LogP contribution in [-0.4, -0.2) is 37.3 Å². The summed E-state index contributed by atoms with van der Waals surface area (Å²) >= 11 is 0. The van der Waals surface area contributed by atoms with Gasteiger partial charge in [-0.15, -0.1) is 0 Å². The summed E-state index contributed by atoms with van der Waals surface area (Å²) in [6, 6.07) is 0. The number of rotatable bonds is 6. The highest BCUT2D eigenvalue weighted by atomic mass is 16.6. The molecule has 0 spiro atoms. The number of hydrogen-bond acceptors (Lipinski definition) is 3. The number of hydrogen-bond donors (Lipinski definition) is 3.